The molecule has 0 aliphatic rings. The monoisotopic (exact) mass is 691 g/mol. The zero-order valence-electron chi connectivity index (χ0n) is 29.3. The molecule has 254 valence electrons. The molecule has 0 fully saturated rings. The Hall–Kier alpha value is -7.30. The first kappa shape index (κ1) is 31.4. The van der Waals surface area contributed by atoms with Crippen LogP contribution < -0.4 is 4.90 Å². The van der Waals surface area contributed by atoms with Crippen LogP contribution in [0.2, 0.25) is 0 Å². The summed E-state index contributed by atoms with van der Waals surface area (Å²) in [6.07, 6.45) is 0. The second-order valence-electron chi connectivity index (χ2n) is 13.4. The highest BCUT2D eigenvalue weighted by molar-refractivity contribution is 6.21. The highest BCUT2D eigenvalue weighted by Gasteiger charge is 2.21. The molecular weight excluding hydrogens is 659 g/mol. The van der Waals surface area contributed by atoms with E-state index in [1.54, 1.807) is 0 Å². The van der Waals surface area contributed by atoms with Gasteiger partial charge in [0.2, 0.25) is 0 Å². The molecule has 10 aromatic rings. The molecule has 4 nitrogen and oxygen atoms in total. The Morgan fingerprint density at radius 1 is 0.389 bits per heavy atom. The van der Waals surface area contributed by atoms with Crippen LogP contribution in [0.25, 0.3) is 77.7 Å². The predicted molar refractivity (Wildman–Crippen MR) is 223 cm³/mol. The van der Waals surface area contributed by atoms with Gasteiger partial charge < -0.3 is 9.32 Å². The molecule has 0 N–H and O–H groups in total. The Bertz CT molecular complexity index is 2830. The largest absolute Gasteiger partial charge is 0.455 e. The number of hydrogen-bond donors (Lipinski definition) is 0. The van der Waals surface area contributed by atoms with Crippen LogP contribution in [0.4, 0.5) is 17.1 Å². The number of rotatable bonds is 7. The van der Waals surface area contributed by atoms with E-state index in [2.05, 4.69) is 169 Å². The van der Waals surface area contributed by atoms with E-state index >= 15 is 0 Å². The third-order valence-corrected chi connectivity index (χ3v) is 10.0. The number of aromatic nitrogens is 2. The highest BCUT2D eigenvalue weighted by Crippen LogP contribution is 2.43. The highest BCUT2D eigenvalue weighted by atomic mass is 16.3. The van der Waals surface area contributed by atoms with Crippen LogP contribution in [0, 0.1) is 0 Å². The molecule has 0 saturated carbocycles. The van der Waals surface area contributed by atoms with E-state index in [1.807, 2.05) is 36.4 Å². The second kappa shape index (κ2) is 13.4. The van der Waals surface area contributed by atoms with Crippen molar-refractivity contribution < 1.29 is 4.42 Å². The van der Waals surface area contributed by atoms with Gasteiger partial charge in [0.05, 0.1) is 11.4 Å². The van der Waals surface area contributed by atoms with Crippen molar-refractivity contribution in [3.05, 3.63) is 200 Å². The van der Waals surface area contributed by atoms with Crippen molar-refractivity contribution in [3.63, 3.8) is 0 Å². The summed E-state index contributed by atoms with van der Waals surface area (Å²) in [5.74, 6) is 0.662. The van der Waals surface area contributed by atoms with Gasteiger partial charge in [0.25, 0.3) is 0 Å². The Kier molecular flexibility index (Phi) is 7.77. The number of fused-ring (bicyclic) bond motifs is 5. The van der Waals surface area contributed by atoms with E-state index in [0.717, 1.165) is 83.6 Å². The van der Waals surface area contributed by atoms with E-state index < -0.39 is 0 Å². The first-order valence-electron chi connectivity index (χ1n) is 18.2. The molecule has 0 spiro atoms. The zero-order valence-corrected chi connectivity index (χ0v) is 29.3. The molecule has 0 atom stereocenters. The first-order chi connectivity index (χ1) is 26.8. The third-order valence-electron chi connectivity index (χ3n) is 10.0. The van der Waals surface area contributed by atoms with E-state index in [9.17, 15) is 0 Å². The molecule has 0 amide bonds. The Morgan fingerprint density at radius 2 is 0.981 bits per heavy atom. The van der Waals surface area contributed by atoms with Crippen molar-refractivity contribution in [2.45, 2.75) is 0 Å². The number of anilines is 3. The number of nitrogens with zero attached hydrogens (tertiary/aromatic N) is 3. The number of furan rings is 1. The summed E-state index contributed by atoms with van der Waals surface area (Å²) < 4.78 is 6.84. The standard InChI is InChI=1S/C50H33N3O/c1-5-17-35(18-6-1)45-33-46(52-50(51-45)36-19-7-2-8-20-36)43-31-38(32-44-48-42-27-14-13-16-34(42)28-29-47(48)54-49(43)44)37-21-15-26-41(30-37)53(39-22-9-3-10-23-39)40-24-11-4-12-25-40/h1-33H. The number of para-hydroxylation sites is 2. The molecule has 54 heavy (non-hydrogen) atoms. The molecule has 0 aliphatic heterocycles. The van der Waals surface area contributed by atoms with Gasteiger partial charge in [-0.05, 0) is 82.6 Å². The molecule has 2 heterocycles. The van der Waals surface area contributed by atoms with Crippen molar-refractivity contribution >= 4 is 49.8 Å². The molecule has 4 heteroatoms. The second-order valence-corrected chi connectivity index (χ2v) is 13.4. The van der Waals surface area contributed by atoms with Gasteiger partial charge >= 0.3 is 0 Å². The molecule has 0 aliphatic carbocycles. The fourth-order valence-corrected chi connectivity index (χ4v) is 7.49. The van der Waals surface area contributed by atoms with Crippen LogP contribution in [0.15, 0.2) is 205 Å². The number of benzene rings is 8. The van der Waals surface area contributed by atoms with Crippen molar-refractivity contribution in [3.8, 4) is 45.0 Å². The zero-order chi connectivity index (χ0) is 35.8. The minimum atomic E-state index is 0.662. The molecule has 2 aromatic heterocycles. The summed E-state index contributed by atoms with van der Waals surface area (Å²) in [5.41, 5.74) is 11.6. The van der Waals surface area contributed by atoms with Crippen molar-refractivity contribution in [2.24, 2.45) is 0 Å². The van der Waals surface area contributed by atoms with Crippen LogP contribution in [-0.2, 0) is 0 Å². The van der Waals surface area contributed by atoms with Crippen LogP contribution in [0.1, 0.15) is 0 Å². The molecule has 0 bridgehead atoms. The van der Waals surface area contributed by atoms with Gasteiger partial charge in [0.15, 0.2) is 5.82 Å². The molecular formula is C50H33N3O. The van der Waals surface area contributed by atoms with Gasteiger partial charge in [-0.3, -0.25) is 0 Å². The Balaban J connectivity index is 1.24. The molecule has 0 saturated heterocycles. The molecule has 0 radical (unpaired) electrons. The van der Waals surface area contributed by atoms with Crippen molar-refractivity contribution in [2.75, 3.05) is 4.90 Å². The van der Waals surface area contributed by atoms with E-state index in [1.165, 1.54) is 5.39 Å². The van der Waals surface area contributed by atoms with Crippen LogP contribution >= 0.6 is 0 Å². The van der Waals surface area contributed by atoms with E-state index in [-0.39, 0.29) is 0 Å². The van der Waals surface area contributed by atoms with Gasteiger partial charge in [-0.25, -0.2) is 9.97 Å². The maximum absolute atomic E-state index is 6.84. The number of hydrogen-bond acceptors (Lipinski definition) is 4. The first-order valence-corrected chi connectivity index (χ1v) is 18.2. The summed E-state index contributed by atoms with van der Waals surface area (Å²) in [6.45, 7) is 0. The maximum atomic E-state index is 6.84. The minimum absolute atomic E-state index is 0.662. The quantitative estimate of drug-likeness (QED) is 0.167. The van der Waals surface area contributed by atoms with Gasteiger partial charge in [0.1, 0.15) is 11.2 Å². The average molecular weight is 692 g/mol. The van der Waals surface area contributed by atoms with Crippen LogP contribution in [0.3, 0.4) is 0 Å². The summed E-state index contributed by atoms with van der Waals surface area (Å²) in [6, 6.07) is 69.7. The molecule has 0 unspecified atom stereocenters. The SMILES string of the molecule is c1ccc(-c2cc(-c3cc(-c4cccc(N(c5ccccc5)c5ccccc5)c4)cc4c3oc3ccc5ccccc5c34)nc(-c3ccccc3)n2)cc1. The van der Waals surface area contributed by atoms with Gasteiger partial charge in [-0.2, -0.15) is 0 Å². The lowest BCUT2D eigenvalue weighted by Gasteiger charge is -2.26. The fraction of sp³-hybridized carbons (Fsp3) is 0. The van der Waals surface area contributed by atoms with Gasteiger partial charge in [-0.1, -0.05) is 140 Å². The van der Waals surface area contributed by atoms with Gasteiger partial charge in [-0.15, -0.1) is 0 Å². The Labute approximate surface area is 313 Å². The fourth-order valence-electron chi connectivity index (χ4n) is 7.49. The summed E-state index contributed by atoms with van der Waals surface area (Å²) in [7, 11) is 0. The minimum Gasteiger partial charge on any atom is -0.455 e. The predicted octanol–water partition coefficient (Wildman–Crippen LogP) is 13.7. The summed E-state index contributed by atoms with van der Waals surface area (Å²) >= 11 is 0. The Morgan fingerprint density at radius 3 is 1.70 bits per heavy atom. The van der Waals surface area contributed by atoms with Crippen molar-refractivity contribution in [1.82, 2.24) is 9.97 Å². The third kappa shape index (κ3) is 5.67. The molecule has 8 aromatic carbocycles. The lowest BCUT2D eigenvalue weighted by molar-refractivity contribution is 0.670. The van der Waals surface area contributed by atoms with E-state index in [0.29, 0.717) is 5.82 Å². The smallest absolute Gasteiger partial charge is 0.160 e. The summed E-state index contributed by atoms with van der Waals surface area (Å²) in [4.78, 5) is 12.6. The lowest BCUT2D eigenvalue weighted by atomic mass is 9.95. The van der Waals surface area contributed by atoms with Crippen molar-refractivity contribution in [1.29, 1.82) is 0 Å². The lowest BCUT2D eigenvalue weighted by Crippen LogP contribution is -2.09. The van der Waals surface area contributed by atoms with Gasteiger partial charge in [0, 0.05) is 44.5 Å². The van der Waals surface area contributed by atoms with Crippen LogP contribution in [-0.4, -0.2) is 9.97 Å². The van der Waals surface area contributed by atoms with Crippen LogP contribution in [0.5, 0.6) is 0 Å². The average Bonchev–Trinajstić information content (AvgIpc) is 3.64. The molecule has 10 rings (SSSR count). The topological polar surface area (TPSA) is 42.2 Å². The van der Waals surface area contributed by atoms with E-state index in [4.69, 9.17) is 14.4 Å². The summed E-state index contributed by atoms with van der Waals surface area (Å²) in [5, 5.41) is 4.47. The maximum Gasteiger partial charge on any atom is 0.160 e. The normalized spacial score (nSPS) is 11.3.